The Labute approximate surface area is 123 Å². The molecule has 0 saturated carbocycles. The number of hydrogen-bond acceptors (Lipinski definition) is 6. The molecule has 7 heteroatoms. The number of carbonyl (C=O) groups is 1. The number of anilines is 1. The zero-order chi connectivity index (χ0) is 14.7. The Kier molecular flexibility index (Phi) is 4.95. The molecule has 0 aromatic carbocycles. The summed E-state index contributed by atoms with van der Waals surface area (Å²) in [6.45, 7) is 8.39. The highest BCUT2D eigenvalue weighted by Crippen LogP contribution is 2.28. The summed E-state index contributed by atoms with van der Waals surface area (Å²) >= 11 is 1.24. The van der Waals surface area contributed by atoms with E-state index in [0.717, 1.165) is 31.3 Å². The largest absolute Gasteiger partial charge is 0.477 e. The third kappa shape index (κ3) is 3.11. The monoisotopic (exact) mass is 299 g/mol. The van der Waals surface area contributed by atoms with E-state index < -0.39 is 5.97 Å². The second-order valence-corrected chi connectivity index (χ2v) is 5.91. The molecule has 1 aromatic rings. The van der Waals surface area contributed by atoms with E-state index in [1.165, 1.54) is 11.3 Å². The Hall–Kier alpha value is -1.18. The first-order chi connectivity index (χ1) is 9.56. The maximum atomic E-state index is 11.2. The Balaban J connectivity index is 2.17. The lowest BCUT2D eigenvalue weighted by atomic mass is 10.2. The summed E-state index contributed by atoms with van der Waals surface area (Å²) < 4.78 is 5.03. The molecule has 0 spiro atoms. The van der Waals surface area contributed by atoms with Crippen LogP contribution in [0.2, 0.25) is 0 Å². The standard InChI is InChI=1S/C13H21N3O3S/c1-4-15-5-6-16(7-9(15)2)13-14-10(8-19-3)11(20-13)12(17)18/h9H,4-8H2,1-3H3,(H,17,18). The molecule has 1 aliphatic rings. The molecule has 0 radical (unpaired) electrons. The molecule has 0 aliphatic carbocycles. The molecule has 1 saturated heterocycles. The maximum Gasteiger partial charge on any atom is 0.347 e. The zero-order valence-electron chi connectivity index (χ0n) is 12.1. The van der Waals surface area contributed by atoms with Crippen molar-refractivity contribution in [2.75, 3.05) is 38.2 Å². The molecule has 1 N–H and O–H groups in total. The summed E-state index contributed by atoms with van der Waals surface area (Å²) in [5, 5.41) is 10.0. The molecule has 0 bridgehead atoms. The second-order valence-electron chi connectivity index (χ2n) is 4.93. The number of methoxy groups -OCH3 is 1. The van der Waals surface area contributed by atoms with Gasteiger partial charge >= 0.3 is 5.97 Å². The van der Waals surface area contributed by atoms with Crippen LogP contribution in [0.5, 0.6) is 0 Å². The van der Waals surface area contributed by atoms with Crippen LogP contribution in [0.25, 0.3) is 0 Å². The summed E-state index contributed by atoms with van der Waals surface area (Å²) in [6.07, 6.45) is 0. The van der Waals surface area contributed by atoms with E-state index in [4.69, 9.17) is 4.74 Å². The molecule has 112 valence electrons. The molecule has 20 heavy (non-hydrogen) atoms. The second kappa shape index (κ2) is 6.51. The van der Waals surface area contributed by atoms with Gasteiger partial charge in [-0.1, -0.05) is 18.3 Å². The number of ether oxygens (including phenoxy) is 1. The molecule has 1 fully saturated rings. The average molecular weight is 299 g/mol. The number of piperazine rings is 1. The van der Waals surface area contributed by atoms with Crippen LogP contribution in [0.15, 0.2) is 0 Å². The van der Waals surface area contributed by atoms with E-state index >= 15 is 0 Å². The van der Waals surface area contributed by atoms with Gasteiger partial charge in [0.2, 0.25) is 0 Å². The van der Waals surface area contributed by atoms with Gasteiger partial charge in [0, 0.05) is 32.8 Å². The minimum atomic E-state index is -0.930. The van der Waals surface area contributed by atoms with E-state index in [1.54, 1.807) is 7.11 Å². The lowest BCUT2D eigenvalue weighted by Gasteiger charge is -2.39. The molecule has 1 aliphatic heterocycles. The predicted octanol–water partition coefficient (Wildman–Crippen LogP) is 1.52. The van der Waals surface area contributed by atoms with Crippen molar-refractivity contribution in [3.05, 3.63) is 10.6 Å². The molecule has 2 heterocycles. The number of aromatic carboxylic acids is 1. The van der Waals surface area contributed by atoms with Crippen molar-refractivity contribution in [2.45, 2.75) is 26.5 Å². The fraction of sp³-hybridized carbons (Fsp3) is 0.692. The number of carboxylic acid groups (broad SMARTS) is 1. The summed E-state index contributed by atoms with van der Waals surface area (Å²) in [5.74, 6) is -0.930. The third-order valence-electron chi connectivity index (χ3n) is 3.60. The molecule has 1 unspecified atom stereocenters. The van der Waals surface area contributed by atoms with E-state index in [2.05, 4.69) is 28.6 Å². The molecule has 1 aromatic heterocycles. The minimum Gasteiger partial charge on any atom is -0.477 e. The topological polar surface area (TPSA) is 65.9 Å². The van der Waals surface area contributed by atoms with Crippen LogP contribution in [0.1, 0.15) is 29.2 Å². The Morgan fingerprint density at radius 1 is 1.55 bits per heavy atom. The lowest BCUT2D eigenvalue weighted by Crippen LogP contribution is -2.51. The molecule has 0 amide bonds. The van der Waals surface area contributed by atoms with Crippen LogP contribution in [0.3, 0.4) is 0 Å². The van der Waals surface area contributed by atoms with Gasteiger partial charge < -0.3 is 14.7 Å². The number of aromatic nitrogens is 1. The molecule has 6 nitrogen and oxygen atoms in total. The normalized spacial score (nSPS) is 20.4. The van der Waals surface area contributed by atoms with Gasteiger partial charge in [-0.15, -0.1) is 0 Å². The first-order valence-electron chi connectivity index (χ1n) is 6.77. The van der Waals surface area contributed by atoms with Crippen molar-refractivity contribution in [3.63, 3.8) is 0 Å². The van der Waals surface area contributed by atoms with Crippen LogP contribution in [0.4, 0.5) is 5.13 Å². The van der Waals surface area contributed by atoms with Gasteiger partial charge in [0.05, 0.1) is 12.3 Å². The number of rotatable bonds is 5. The van der Waals surface area contributed by atoms with Gasteiger partial charge in [-0.05, 0) is 13.5 Å². The fourth-order valence-electron chi connectivity index (χ4n) is 2.51. The summed E-state index contributed by atoms with van der Waals surface area (Å²) in [5.41, 5.74) is 0.519. The number of hydrogen-bond donors (Lipinski definition) is 1. The Morgan fingerprint density at radius 3 is 2.85 bits per heavy atom. The van der Waals surface area contributed by atoms with Crippen molar-refractivity contribution in [2.24, 2.45) is 0 Å². The first-order valence-corrected chi connectivity index (χ1v) is 7.59. The Bertz CT molecular complexity index is 477. The van der Waals surface area contributed by atoms with Crippen molar-refractivity contribution >= 4 is 22.4 Å². The van der Waals surface area contributed by atoms with Crippen molar-refractivity contribution in [3.8, 4) is 0 Å². The van der Waals surface area contributed by atoms with Crippen molar-refractivity contribution < 1.29 is 14.6 Å². The van der Waals surface area contributed by atoms with Crippen molar-refractivity contribution in [1.29, 1.82) is 0 Å². The van der Waals surface area contributed by atoms with Gasteiger partial charge in [-0.2, -0.15) is 0 Å². The highest BCUT2D eigenvalue weighted by molar-refractivity contribution is 7.17. The predicted molar refractivity (Wildman–Crippen MR) is 78.7 cm³/mol. The quantitative estimate of drug-likeness (QED) is 0.889. The first kappa shape index (κ1) is 15.2. The lowest BCUT2D eigenvalue weighted by molar-refractivity contribution is 0.0697. The van der Waals surface area contributed by atoms with Gasteiger partial charge in [-0.25, -0.2) is 9.78 Å². The van der Waals surface area contributed by atoms with Crippen LogP contribution >= 0.6 is 11.3 Å². The molecular weight excluding hydrogens is 278 g/mol. The summed E-state index contributed by atoms with van der Waals surface area (Å²) in [6, 6.07) is 0.455. The van der Waals surface area contributed by atoms with Gasteiger partial charge in [0.25, 0.3) is 0 Å². The van der Waals surface area contributed by atoms with Crippen molar-refractivity contribution in [1.82, 2.24) is 9.88 Å². The maximum absolute atomic E-state index is 11.2. The van der Waals surface area contributed by atoms with Crippen LogP contribution < -0.4 is 4.90 Å². The average Bonchev–Trinajstić information content (AvgIpc) is 2.83. The molecule has 2 rings (SSSR count). The third-order valence-corrected chi connectivity index (χ3v) is 4.75. The van der Waals surface area contributed by atoms with E-state index in [1.807, 2.05) is 0 Å². The van der Waals surface area contributed by atoms with Crippen LogP contribution in [-0.4, -0.2) is 60.3 Å². The zero-order valence-corrected chi connectivity index (χ0v) is 12.9. The van der Waals surface area contributed by atoms with E-state index in [0.29, 0.717) is 11.7 Å². The Morgan fingerprint density at radius 2 is 2.30 bits per heavy atom. The summed E-state index contributed by atoms with van der Waals surface area (Å²) in [4.78, 5) is 20.6. The SMILES string of the molecule is CCN1CCN(c2nc(COC)c(C(=O)O)s2)CC1C. The van der Waals surface area contributed by atoms with Gasteiger partial charge in [0.1, 0.15) is 4.88 Å². The van der Waals surface area contributed by atoms with Crippen LogP contribution in [0, 0.1) is 0 Å². The molecular formula is C13H21N3O3S. The highest BCUT2D eigenvalue weighted by atomic mass is 32.1. The van der Waals surface area contributed by atoms with E-state index in [9.17, 15) is 9.90 Å². The summed E-state index contributed by atoms with van der Waals surface area (Å²) in [7, 11) is 1.55. The number of carboxylic acids is 1. The van der Waals surface area contributed by atoms with E-state index in [-0.39, 0.29) is 11.5 Å². The number of nitrogens with zero attached hydrogens (tertiary/aromatic N) is 3. The number of likely N-dealkylation sites (N-methyl/N-ethyl adjacent to an activating group) is 1. The van der Waals surface area contributed by atoms with Crippen LogP contribution in [-0.2, 0) is 11.3 Å². The molecule has 1 atom stereocenters. The highest BCUT2D eigenvalue weighted by Gasteiger charge is 2.26. The van der Waals surface area contributed by atoms with Gasteiger partial charge in [0.15, 0.2) is 5.13 Å². The fourth-order valence-corrected chi connectivity index (χ4v) is 3.46. The smallest absolute Gasteiger partial charge is 0.347 e. The van der Waals surface area contributed by atoms with Gasteiger partial charge in [-0.3, -0.25) is 4.90 Å². The minimum absolute atomic E-state index is 0.239. The number of thiazole rings is 1.